The molecule has 2 aromatic carbocycles. The summed E-state index contributed by atoms with van der Waals surface area (Å²) in [6.45, 7) is 0. The van der Waals surface area contributed by atoms with Crippen LogP contribution in [0.3, 0.4) is 0 Å². The minimum absolute atomic E-state index is 0.341. The standard InChI is InChI=1S/C22H13ClFN3O/c23-16-1-6-21-19(10-16)20(13-27-21)14(11-25)9-15-12-26-8-7-22(15)28-18-4-2-17(24)3-5-18/h1-10,12-13,27H. The molecule has 6 heteroatoms. The molecule has 0 aliphatic rings. The monoisotopic (exact) mass is 389 g/mol. The van der Waals surface area contributed by atoms with Gasteiger partial charge < -0.3 is 9.72 Å². The van der Waals surface area contributed by atoms with Gasteiger partial charge in [-0.2, -0.15) is 5.26 Å². The summed E-state index contributed by atoms with van der Waals surface area (Å²) in [5.74, 6) is 0.652. The molecule has 0 aliphatic carbocycles. The minimum Gasteiger partial charge on any atom is -0.457 e. The Morgan fingerprint density at radius 1 is 1.18 bits per heavy atom. The summed E-state index contributed by atoms with van der Waals surface area (Å²) in [6, 6.07) is 15.1. The number of aromatic nitrogens is 2. The average Bonchev–Trinajstić information content (AvgIpc) is 3.12. The molecule has 4 aromatic rings. The number of pyridine rings is 1. The Hall–Kier alpha value is -3.62. The van der Waals surface area contributed by atoms with Crippen LogP contribution in [0.1, 0.15) is 11.1 Å². The van der Waals surface area contributed by atoms with Crippen molar-refractivity contribution < 1.29 is 9.13 Å². The van der Waals surface area contributed by atoms with E-state index in [9.17, 15) is 9.65 Å². The second kappa shape index (κ2) is 7.55. The summed E-state index contributed by atoms with van der Waals surface area (Å²) >= 11 is 6.11. The first-order valence-electron chi connectivity index (χ1n) is 8.40. The van der Waals surface area contributed by atoms with Crippen LogP contribution in [0.5, 0.6) is 11.5 Å². The highest BCUT2D eigenvalue weighted by Gasteiger charge is 2.11. The molecule has 4 rings (SSSR count). The van der Waals surface area contributed by atoms with E-state index in [1.807, 2.05) is 12.1 Å². The van der Waals surface area contributed by atoms with E-state index in [-0.39, 0.29) is 5.82 Å². The molecule has 2 aromatic heterocycles. The van der Waals surface area contributed by atoms with E-state index in [4.69, 9.17) is 16.3 Å². The Labute approximate surface area is 165 Å². The van der Waals surface area contributed by atoms with Crippen molar-refractivity contribution in [2.24, 2.45) is 0 Å². The molecule has 0 amide bonds. The number of allylic oxidation sites excluding steroid dienone is 1. The van der Waals surface area contributed by atoms with Gasteiger partial charge in [0.1, 0.15) is 17.3 Å². The first kappa shape index (κ1) is 17.8. The number of nitrogens with zero attached hydrogens (tertiary/aromatic N) is 2. The number of benzene rings is 2. The third-order valence-electron chi connectivity index (χ3n) is 4.21. The van der Waals surface area contributed by atoms with E-state index in [1.54, 1.807) is 36.8 Å². The second-order valence-electron chi connectivity index (χ2n) is 6.03. The normalized spacial score (nSPS) is 11.4. The van der Waals surface area contributed by atoms with Crippen LogP contribution < -0.4 is 4.74 Å². The fraction of sp³-hybridized carbons (Fsp3) is 0. The number of H-pyrrole nitrogens is 1. The van der Waals surface area contributed by atoms with E-state index in [0.29, 0.717) is 27.7 Å². The van der Waals surface area contributed by atoms with Crippen LogP contribution >= 0.6 is 11.6 Å². The molecule has 0 spiro atoms. The summed E-state index contributed by atoms with van der Waals surface area (Å²) in [5, 5.41) is 11.2. The smallest absolute Gasteiger partial charge is 0.137 e. The largest absolute Gasteiger partial charge is 0.457 e. The van der Waals surface area contributed by atoms with Crippen molar-refractivity contribution in [3.8, 4) is 17.6 Å². The molecule has 0 unspecified atom stereocenters. The van der Waals surface area contributed by atoms with Gasteiger partial charge in [0.25, 0.3) is 0 Å². The van der Waals surface area contributed by atoms with Crippen molar-refractivity contribution >= 4 is 34.2 Å². The maximum absolute atomic E-state index is 13.1. The van der Waals surface area contributed by atoms with Crippen LogP contribution in [0, 0.1) is 17.1 Å². The number of fused-ring (bicyclic) bond motifs is 1. The van der Waals surface area contributed by atoms with Gasteiger partial charge >= 0.3 is 0 Å². The molecule has 0 saturated heterocycles. The lowest BCUT2D eigenvalue weighted by Gasteiger charge is -2.09. The molecule has 136 valence electrons. The molecule has 0 saturated carbocycles. The van der Waals surface area contributed by atoms with Gasteiger partial charge in [-0.15, -0.1) is 0 Å². The molecule has 0 aliphatic heterocycles. The Balaban J connectivity index is 1.75. The quantitative estimate of drug-likeness (QED) is 0.422. The van der Waals surface area contributed by atoms with Crippen LogP contribution in [-0.4, -0.2) is 9.97 Å². The highest BCUT2D eigenvalue weighted by Crippen LogP contribution is 2.31. The molecule has 0 atom stereocenters. The molecule has 2 heterocycles. The van der Waals surface area contributed by atoms with Gasteiger partial charge in [-0.05, 0) is 54.6 Å². The summed E-state index contributed by atoms with van der Waals surface area (Å²) in [4.78, 5) is 7.27. The molecular weight excluding hydrogens is 377 g/mol. The van der Waals surface area contributed by atoms with Crippen molar-refractivity contribution in [1.29, 1.82) is 5.26 Å². The maximum Gasteiger partial charge on any atom is 0.137 e. The second-order valence-corrected chi connectivity index (χ2v) is 6.47. The Kier molecular flexibility index (Phi) is 4.79. The van der Waals surface area contributed by atoms with Gasteiger partial charge in [0.2, 0.25) is 0 Å². The summed E-state index contributed by atoms with van der Waals surface area (Å²) in [7, 11) is 0. The Morgan fingerprint density at radius 2 is 2.00 bits per heavy atom. The predicted molar refractivity (Wildman–Crippen MR) is 108 cm³/mol. The highest BCUT2D eigenvalue weighted by molar-refractivity contribution is 6.31. The van der Waals surface area contributed by atoms with Gasteiger partial charge in [-0.25, -0.2) is 4.39 Å². The van der Waals surface area contributed by atoms with Crippen molar-refractivity contribution in [3.05, 3.63) is 89.1 Å². The summed E-state index contributed by atoms with van der Waals surface area (Å²) < 4.78 is 19.0. The lowest BCUT2D eigenvalue weighted by atomic mass is 10.0. The predicted octanol–water partition coefficient (Wildman–Crippen LogP) is 6.21. The zero-order valence-corrected chi connectivity index (χ0v) is 15.2. The van der Waals surface area contributed by atoms with Crippen molar-refractivity contribution in [2.45, 2.75) is 0 Å². The lowest BCUT2D eigenvalue weighted by molar-refractivity contribution is 0.478. The van der Waals surface area contributed by atoms with Crippen LogP contribution in [0.2, 0.25) is 5.02 Å². The number of nitriles is 1. The number of rotatable bonds is 4. The van der Waals surface area contributed by atoms with Gasteiger partial charge in [-0.3, -0.25) is 4.98 Å². The first-order chi connectivity index (χ1) is 13.6. The molecule has 0 fully saturated rings. The number of ether oxygens (including phenoxy) is 1. The third-order valence-corrected chi connectivity index (χ3v) is 4.44. The van der Waals surface area contributed by atoms with E-state index in [0.717, 1.165) is 16.5 Å². The van der Waals surface area contributed by atoms with Crippen molar-refractivity contribution in [1.82, 2.24) is 9.97 Å². The Morgan fingerprint density at radius 3 is 2.79 bits per heavy atom. The van der Waals surface area contributed by atoms with Crippen molar-refractivity contribution in [3.63, 3.8) is 0 Å². The van der Waals surface area contributed by atoms with Crippen LogP contribution in [0.4, 0.5) is 4.39 Å². The zero-order valence-electron chi connectivity index (χ0n) is 14.5. The van der Waals surface area contributed by atoms with Crippen LogP contribution in [-0.2, 0) is 0 Å². The third kappa shape index (κ3) is 3.59. The van der Waals surface area contributed by atoms with Gasteiger partial charge in [-0.1, -0.05) is 11.6 Å². The van der Waals surface area contributed by atoms with E-state index in [1.165, 1.54) is 24.3 Å². The van der Waals surface area contributed by atoms with Gasteiger partial charge in [0.05, 0.1) is 11.6 Å². The maximum atomic E-state index is 13.1. The fourth-order valence-corrected chi connectivity index (χ4v) is 3.04. The molecule has 4 nitrogen and oxygen atoms in total. The molecule has 28 heavy (non-hydrogen) atoms. The van der Waals surface area contributed by atoms with E-state index >= 15 is 0 Å². The number of halogens is 2. The Bertz CT molecular complexity index is 1220. The number of aromatic amines is 1. The number of nitrogens with one attached hydrogen (secondary N) is 1. The highest BCUT2D eigenvalue weighted by atomic mass is 35.5. The fourth-order valence-electron chi connectivity index (χ4n) is 2.87. The minimum atomic E-state index is -0.341. The summed E-state index contributed by atoms with van der Waals surface area (Å²) in [5.41, 5.74) is 2.68. The molecule has 1 N–H and O–H groups in total. The summed E-state index contributed by atoms with van der Waals surface area (Å²) in [6.07, 6.45) is 6.67. The number of hydrogen-bond acceptors (Lipinski definition) is 3. The zero-order chi connectivity index (χ0) is 19.5. The van der Waals surface area contributed by atoms with Crippen LogP contribution in [0.25, 0.3) is 22.6 Å². The SMILES string of the molecule is N#CC(=Cc1cnccc1Oc1ccc(F)cc1)c1c[nH]c2ccc(Cl)cc12. The molecule has 0 radical (unpaired) electrons. The number of hydrogen-bond donors (Lipinski definition) is 1. The van der Waals surface area contributed by atoms with Gasteiger partial charge in [0, 0.05) is 45.6 Å². The first-order valence-corrected chi connectivity index (χ1v) is 8.78. The average molecular weight is 390 g/mol. The lowest BCUT2D eigenvalue weighted by Crippen LogP contribution is -1.90. The van der Waals surface area contributed by atoms with Gasteiger partial charge in [0.15, 0.2) is 0 Å². The van der Waals surface area contributed by atoms with E-state index < -0.39 is 0 Å². The van der Waals surface area contributed by atoms with Crippen LogP contribution in [0.15, 0.2) is 67.1 Å². The van der Waals surface area contributed by atoms with E-state index in [2.05, 4.69) is 16.0 Å². The topological polar surface area (TPSA) is 61.7 Å². The molecule has 0 bridgehead atoms. The molecular formula is C22H13ClFN3O. The van der Waals surface area contributed by atoms with Crippen molar-refractivity contribution in [2.75, 3.05) is 0 Å².